The molecule has 0 aromatic rings. The highest BCUT2D eigenvalue weighted by molar-refractivity contribution is 9.11. The van der Waals surface area contributed by atoms with E-state index < -0.39 is 0 Å². The van der Waals surface area contributed by atoms with Gasteiger partial charge in [0.2, 0.25) is 0 Å². The third-order valence-corrected chi connectivity index (χ3v) is 3.46. The summed E-state index contributed by atoms with van der Waals surface area (Å²) in [5.41, 5.74) is 0. The van der Waals surface area contributed by atoms with Gasteiger partial charge in [-0.3, -0.25) is 0 Å². The van der Waals surface area contributed by atoms with Crippen molar-refractivity contribution < 1.29 is 0 Å². The zero-order valence-corrected chi connectivity index (χ0v) is 10.8. The average molecular weight is 260 g/mol. The van der Waals surface area contributed by atoms with Crippen LogP contribution in [0.3, 0.4) is 0 Å². The summed E-state index contributed by atoms with van der Waals surface area (Å²) in [6.45, 7) is 8.23. The first-order valence-electron chi connectivity index (χ1n) is 5.72. The van der Waals surface area contributed by atoms with E-state index in [1.807, 2.05) is 0 Å². The lowest BCUT2D eigenvalue weighted by Gasteiger charge is -2.26. The minimum absolute atomic E-state index is 0.906. The van der Waals surface area contributed by atoms with Gasteiger partial charge in [-0.25, -0.2) is 0 Å². The summed E-state index contributed by atoms with van der Waals surface area (Å²) in [5, 5.41) is 3.40. The van der Waals surface area contributed by atoms with Crippen molar-refractivity contribution in [2.75, 3.05) is 13.1 Å². The topological polar surface area (TPSA) is 12.0 Å². The summed E-state index contributed by atoms with van der Waals surface area (Å²) in [7, 11) is 0. The fourth-order valence-electron chi connectivity index (χ4n) is 2.15. The van der Waals surface area contributed by atoms with Gasteiger partial charge in [0.05, 0.1) is 0 Å². The van der Waals surface area contributed by atoms with Crippen LogP contribution >= 0.6 is 15.9 Å². The Balaban J connectivity index is 1.99. The lowest BCUT2D eigenvalue weighted by atomic mass is 9.81. The fourth-order valence-corrected chi connectivity index (χ4v) is 2.35. The highest BCUT2D eigenvalue weighted by atomic mass is 79.9. The maximum absolute atomic E-state index is 3.80. The molecule has 0 amide bonds. The van der Waals surface area contributed by atoms with Crippen LogP contribution < -0.4 is 5.32 Å². The molecule has 82 valence electrons. The van der Waals surface area contributed by atoms with Crippen LogP contribution in [0.15, 0.2) is 11.1 Å². The lowest BCUT2D eigenvalue weighted by molar-refractivity contribution is 0.276. The maximum Gasteiger partial charge on any atom is 0.0265 e. The first kappa shape index (κ1) is 12.3. The number of hydrogen-bond donors (Lipinski definition) is 1. The Kier molecular flexibility index (Phi) is 5.80. The zero-order valence-electron chi connectivity index (χ0n) is 9.19. The molecule has 0 aromatic heterocycles. The predicted octanol–water partition coefficient (Wildman–Crippen LogP) is 3.70. The summed E-state index contributed by atoms with van der Waals surface area (Å²) in [5.74, 6) is 1.95. The van der Waals surface area contributed by atoms with Crippen LogP contribution in [0.1, 0.15) is 39.0 Å². The maximum atomic E-state index is 3.80. The second kappa shape index (κ2) is 6.62. The van der Waals surface area contributed by atoms with Crippen molar-refractivity contribution in [1.29, 1.82) is 0 Å². The van der Waals surface area contributed by atoms with Gasteiger partial charge in [-0.1, -0.05) is 55.1 Å². The van der Waals surface area contributed by atoms with Crippen LogP contribution in [0.2, 0.25) is 0 Å². The first-order chi connectivity index (χ1) is 6.68. The molecule has 0 aliphatic heterocycles. The fraction of sp³-hybridized carbons (Fsp3) is 0.833. The van der Waals surface area contributed by atoms with Gasteiger partial charge in [-0.05, 0) is 24.8 Å². The monoisotopic (exact) mass is 259 g/mol. The normalized spacial score (nSPS) is 27.6. The van der Waals surface area contributed by atoms with Crippen molar-refractivity contribution in [3.63, 3.8) is 0 Å². The molecule has 1 aliphatic rings. The minimum Gasteiger partial charge on any atom is -0.312 e. The second-order valence-corrected chi connectivity index (χ2v) is 5.73. The molecule has 0 spiro atoms. The third-order valence-electron chi connectivity index (χ3n) is 3.18. The number of hydrogen-bond acceptors (Lipinski definition) is 1. The van der Waals surface area contributed by atoms with E-state index in [1.165, 1.54) is 32.1 Å². The van der Waals surface area contributed by atoms with Crippen molar-refractivity contribution in [2.45, 2.75) is 39.0 Å². The molecule has 1 aliphatic carbocycles. The Morgan fingerprint density at radius 2 is 2.00 bits per heavy atom. The van der Waals surface area contributed by atoms with Crippen LogP contribution in [0, 0.1) is 11.8 Å². The van der Waals surface area contributed by atoms with Crippen molar-refractivity contribution >= 4 is 15.9 Å². The lowest BCUT2D eigenvalue weighted by Crippen LogP contribution is -2.21. The number of rotatable bonds is 5. The van der Waals surface area contributed by atoms with Crippen molar-refractivity contribution in [1.82, 2.24) is 5.32 Å². The van der Waals surface area contributed by atoms with Gasteiger partial charge in [0, 0.05) is 11.0 Å². The van der Waals surface area contributed by atoms with Gasteiger partial charge in [-0.15, -0.1) is 0 Å². The van der Waals surface area contributed by atoms with Crippen LogP contribution in [-0.4, -0.2) is 13.1 Å². The van der Waals surface area contributed by atoms with Crippen LogP contribution in [0.5, 0.6) is 0 Å². The quantitative estimate of drug-likeness (QED) is 0.743. The van der Waals surface area contributed by atoms with Crippen LogP contribution in [0.25, 0.3) is 0 Å². The predicted molar refractivity (Wildman–Crippen MR) is 66.7 cm³/mol. The highest BCUT2D eigenvalue weighted by Crippen LogP contribution is 2.29. The first-order valence-corrected chi connectivity index (χ1v) is 6.51. The van der Waals surface area contributed by atoms with Crippen molar-refractivity contribution in [3.05, 3.63) is 11.1 Å². The SMILES string of the molecule is C=C(Br)CNCCC1CCC(C)CC1. The molecule has 0 radical (unpaired) electrons. The molecule has 0 heterocycles. The molecular weight excluding hydrogens is 238 g/mol. The van der Waals surface area contributed by atoms with E-state index in [0.717, 1.165) is 29.4 Å². The molecule has 0 bridgehead atoms. The van der Waals surface area contributed by atoms with Gasteiger partial charge in [0.25, 0.3) is 0 Å². The summed E-state index contributed by atoms with van der Waals surface area (Å²) in [6.07, 6.45) is 7.11. The second-order valence-electron chi connectivity index (χ2n) is 4.61. The van der Waals surface area contributed by atoms with Gasteiger partial charge in [0.15, 0.2) is 0 Å². The molecule has 0 unspecified atom stereocenters. The van der Waals surface area contributed by atoms with Crippen molar-refractivity contribution in [2.24, 2.45) is 11.8 Å². The summed E-state index contributed by atoms with van der Waals surface area (Å²) < 4.78 is 1.05. The Labute approximate surface area is 96.5 Å². The third kappa shape index (κ3) is 5.16. The Bertz CT molecular complexity index is 171. The highest BCUT2D eigenvalue weighted by Gasteiger charge is 2.17. The summed E-state index contributed by atoms with van der Waals surface area (Å²) in [6, 6.07) is 0. The molecule has 1 fully saturated rings. The van der Waals surface area contributed by atoms with E-state index in [1.54, 1.807) is 0 Å². The zero-order chi connectivity index (χ0) is 10.4. The van der Waals surface area contributed by atoms with Gasteiger partial charge >= 0.3 is 0 Å². The van der Waals surface area contributed by atoms with E-state index in [4.69, 9.17) is 0 Å². The summed E-state index contributed by atoms with van der Waals surface area (Å²) >= 11 is 3.35. The minimum atomic E-state index is 0.906. The van der Waals surface area contributed by atoms with Crippen molar-refractivity contribution in [3.8, 4) is 0 Å². The molecule has 0 aromatic carbocycles. The molecule has 0 saturated heterocycles. The standard InChI is InChI=1S/C12H22BrN/c1-10-3-5-12(6-4-10)7-8-14-9-11(2)13/h10,12,14H,2-9H2,1H3. The van der Waals surface area contributed by atoms with Gasteiger partial charge in [-0.2, -0.15) is 0 Å². The Morgan fingerprint density at radius 3 is 2.57 bits per heavy atom. The van der Waals surface area contributed by atoms with E-state index >= 15 is 0 Å². The molecule has 1 N–H and O–H groups in total. The van der Waals surface area contributed by atoms with Gasteiger partial charge < -0.3 is 5.32 Å². The molecule has 0 atom stereocenters. The summed E-state index contributed by atoms with van der Waals surface area (Å²) in [4.78, 5) is 0. The van der Waals surface area contributed by atoms with Crippen LogP contribution in [-0.2, 0) is 0 Å². The number of nitrogens with one attached hydrogen (secondary N) is 1. The van der Waals surface area contributed by atoms with E-state index in [0.29, 0.717) is 0 Å². The molecule has 1 nitrogen and oxygen atoms in total. The molecule has 2 heteroatoms. The molecular formula is C12H22BrN. The number of halogens is 1. The Hall–Kier alpha value is 0.180. The smallest absolute Gasteiger partial charge is 0.0265 e. The molecule has 1 saturated carbocycles. The van der Waals surface area contributed by atoms with E-state index in [-0.39, 0.29) is 0 Å². The molecule has 1 rings (SSSR count). The van der Waals surface area contributed by atoms with Crippen LogP contribution in [0.4, 0.5) is 0 Å². The van der Waals surface area contributed by atoms with E-state index in [2.05, 4.69) is 34.7 Å². The van der Waals surface area contributed by atoms with Gasteiger partial charge in [0.1, 0.15) is 0 Å². The largest absolute Gasteiger partial charge is 0.312 e. The Morgan fingerprint density at radius 1 is 1.36 bits per heavy atom. The average Bonchev–Trinajstić information content (AvgIpc) is 2.15. The van der Waals surface area contributed by atoms with E-state index in [9.17, 15) is 0 Å². The molecule has 14 heavy (non-hydrogen) atoms.